The fourth-order valence-electron chi connectivity index (χ4n) is 3.23. The Morgan fingerprint density at radius 1 is 1.31 bits per heavy atom. The Hall–Kier alpha value is -1.80. The number of carbonyl (C=O) groups is 1. The second kappa shape index (κ2) is 8.92. The minimum atomic E-state index is -4.43. The fourth-order valence-corrected chi connectivity index (χ4v) is 3.97. The molecule has 0 bridgehead atoms. The van der Waals surface area contributed by atoms with Gasteiger partial charge in [0.15, 0.2) is 0 Å². The molecule has 1 saturated carbocycles. The van der Waals surface area contributed by atoms with Gasteiger partial charge < -0.3 is 9.29 Å². The molecule has 2 atom stereocenters. The predicted molar refractivity (Wildman–Crippen MR) is 108 cm³/mol. The molecule has 2 rings (SSSR count). The van der Waals surface area contributed by atoms with Crippen LogP contribution in [-0.4, -0.2) is 27.6 Å². The largest absolute Gasteiger partial charge is 0.591 e. The standard InChI is InChI=1S/C21H26F3NO3S/c1-5-13-28-18(26)20(12-6-7-17(20)25-29(27)19(2,3)4)14-15-8-10-16(11-9-15)21(22,23)24/h5,8-11H,1,6-7,12-14H2,2-4H3/b25-17+/t20-,29?/m0/s1. The molecule has 0 radical (unpaired) electrons. The summed E-state index contributed by atoms with van der Waals surface area (Å²) in [7, 11) is 0. The van der Waals surface area contributed by atoms with Crippen LogP contribution in [0.2, 0.25) is 0 Å². The number of benzene rings is 1. The molecule has 160 valence electrons. The van der Waals surface area contributed by atoms with Crippen molar-refractivity contribution in [2.45, 2.75) is 57.4 Å². The van der Waals surface area contributed by atoms with Crippen molar-refractivity contribution in [1.82, 2.24) is 0 Å². The summed E-state index contributed by atoms with van der Waals surface area (Å²) in [6.45, 7) is 8.92. The Bertz CT molecular complexity index is 769. The average Bonchev–Trinajstić information content (AvgIpc) is 3.02. The van der Waals surface area contributed by atoms with Crippen molar-refractivity contribution in [1.29, 1.82) is 0 Å². The Balaban J connectivity index is 2.42. The number of esters is 1. The van der Waals surface area contributed by atoms with Crippen molar-refractivity contribution in [2.24, 2.45) is 9.81 Å². The van der Waals surface area contributed by atoms with Crippen LogP contribution in [0.3, 0.4) is 0 Å². The quantitative estimate of drug-likeness (QED) is 0.361. The number of hydrogen-bond acceptors (Lipinski definition) is 4. The van der Waals surface area contributed by atoms with Crippen molar-refractivity contribution in [2.75, 3.05) is 6.61 Å². The Labute approximate surface area is 172 Å². The van der Waals surface area contributed by atoms with Crippen LogP contribution < -0.4 is 0 Å². The number of carbonyl (C=O) groups excluding carboxylic acids is 1. The molecule has 1 fully saturated rings. The monoisotopic (exact) mass is 429 g/mol. The van der Waals surface area contributed by atoms with Gasteiger partial charge in [-0.1, -0.05) is 29.2 Å². The summed E-state index contributed by atoms with van der Waals surface area (Å²) in [6.07, 6.45) is -1.26. The molecular formula is C21H26F3NO3S. The number of nitrogens with zero attached hydrogens (tertiary/aromatic N) is 1. The van der Waals surface area contributed by atoms with E-state index in [2.05, 4.69) is 11.0 Å². The first-order valence-electron chi connectivity index (χ1n) is 9.34. The van der Waals surface area contributed by atoms with Gasteiger partial charge in [-0.05, 0) is 64.2 Å². The van der Waals surface area contributed by atoms with Crippen LogP contribution in [0.4, 0.5) is 13.2 Å². The summed E-state index contributed by atoms with van der Waals surface area (Å²) in [5, 5.41) is 0. The maximum Gasteiger partial charge on any atom is 0.416 e. The third kappa shape index (κ3) is 5.63. The molecule has 0 aliphatic heterocycles. The molecule has 1 aliphatic rings. The van der Waals surface area contributed by atoms with E-state index in [-0.39, 0.29) is 13.0 Å². The van der Waals surface area contributed by atoms with Gasteiger partial charge >= 0.3 is 12.1 Å². The maximum atomic E-state index is 13.0. The highest BCUT2D eigenvalue weighted by Crippen LogP contribution is 2.42. The summed E-state index contributed by atoms with van der Waals surface area (Å²) in [4.78, 5) is 13.0. The van der Waals surface area contributed by atoms with E-state index in [0.717, 1.165) is 12.1 Å². The van der Waals surface area contributed by atoms with Crippen LogP contribution in [-0.2, 0) is 33.5 Å². The number of alkyl halides is 3. The second-order valence-electron chi connectivity index (χ2n) is 8.09. The van der Waals surface area contributed by atoms with Crippen molar-refractivity contribution < 1.29 is 27.3 Å². The minimum Gasteiger partial charge on any atom is -0.591 e. The summed E-state index contributed by atoms with van der Waals surface area (Å²) in [5.41, 5.74) is -0.841. The van der Waals surface area contributed by atoms with Gasteiger partial charge in [0.1, 0.15) is 28.1 Å². The Kier molecular flexibility index (Phi) is 7.22. The molecule has 8 heteroatoms. The van der Waals surface area contributed by atoms with Crippen LogP contribution in [0.15, 0.2) is 41.3 Å². The van der Waals surface area contributed by atoms with Gasteiger partial charge in [-0.25, -0.2) is 0 Å². The zero-order chi connectivity index (χ0) is 21.9. The first kappa shape index (κ1) is 23.5. The van der Waals surface area contributed by atoms with Crippen LogP contribution in [0, 0.1) is 5.41 Å². The zero-order valence-electron chi connectivity index (χ0n) is 16.8. The van der Waals surface area contributed by atoms with Crippen LogP contribution in [0.5, 0.6) is 0 Å². The van der Waals surface area contributed by atoms with E-state index in [0.29, 0.717) is 30.5 Å². The lowest BCUT2D eigenvalue weighted by Crippen LogP contribution is -2.40. The van der Waals surface area contributed by atoms with Crippen LogP contribution >= 0.6 is 0 Å². The third-order valence-electron chi connectivity index (χ3n) is 4.80. The minimum absolute atomic E-state index is 0.0171. The topological polar surface area (TPSA) is 61.7 Å². The summed E-state index contributed by atoms with van der Waals surface area (Å²) in [6, 6.07) is 4.72. The number of hydrogen-bond donors (Lipinski definition) is 0. The van der Waals surface area contributed by atoms with Crippen molar-refractivity contribution in [3.63, 3.8) is 0 Å². The highest BCUT2D eigenvalue weighted by molar-refractivity contribution is 7.91. The maximum absolute atomic E-state index is 13.0. The summed E-state index contributed by atoms with van der Waals surface area (Å²) < 4.78 is 60.2. The number of halogens is 3. The predicted octanol–water partition coefficient (Wildman–Crippen LogP) is 5.05. The van der Waals surface area contributed by atoms with Gasteiger partial charge in [-0.3, -0.25) is 4.79 Å². The molecular weight excluding hydrogens is 403 g/mol. The number of ether oxygens (including phenoxy) is 1. The molecule has 29 heavy (non-hydrogen) atoms. The van der Waals surface area contributed by atoms with Gasteiger partial charge in [-0.2, -0.15) is 13.2 Å². The normalized spacial score (nSPS) is 22.5. The molecule has 0 saturated heterocycles. The molecule has 0 heterocycles. The van der Waals surface area contributed by atoms with E-state index >= 15 is 0 Å². The van der Waals surface area contributed by atoms with Gasteiger partial charge in [0.2, 0.25) is 0 Å². The summed E-state index contributed by atoms with van der Waals surface area (Å²) >= 11 is -1.56. The molecule has 0 spiro atoms. The smallest absolute Gasteiger partial charge is 0.416 e. The molecule has 1 aliphatic carbocycles. The lowest BCUT2D eigenvalue weighted by molar-refractivity contribution is -0.150. The van der Waals surface area contributed by atoms with E-state index in [9.17, 15) is 22.5 Å². The van der Waals surface area contributed by atoms with E-state index < -0.39 is 39.2 Å². The summed E-state index contributed by atoms with van der Waals surface area (Å²) in [5.74, 6) is -0.514. The Morgan fingerprint density at radius 3 is 2.45 bits per heavy atom. The molecule has 1 aromatic rings. The molecule has 1 unspecified atom stereocenters. The van der Waals surface area contributed by atoms with Gasteiger partial charge in [0.25, 0.3) is 0 Å². The van der Waals surface area contributed by atoms with Crippen LogP contribution in [0.1, 0.15) is 51.2 Å². The Morgan fingerprint density at radius 2 is 1.93 bits per heavy atom. The van der Waals surface area contributed by atoms with Crippen LogP contribution in [0.25, 0.3) is 0 Å². The first-order valence-corrected chi connectivity index (χ1v) is 10.4. The molecule has 0 N–H and O–H groups in total. The zero-order valence-corrected chi connectivity index (χ0v) is 17.7. The highest BCUT2D eigenvalue weighted by Gasteiger charge is 2.50. The number of rotatable bonds is 6. The van der Waals surface area contributed by atoms with Gasteiger partial charge in [-0.15, -0.1) is 0 Å². The van der Waals surface area contributed by atoms with Crippen molar-refractivity contribution in [3.8, 4) is 0 Å². The fraction of sp³-hybridized carbons (Fsp3) is 0.524. The second-order valence-corrected chi connectivity index (χ2v) is 10.00. The molecule has 0 amide bonds. The van der Waals surface area contributed by atoms with Gasteiger partial charge in [0, 0.05) is 0 Å². The lowest BCUT2D eigenvalue weighted by atomic mass is 9.78. The van der Waals surface area contributed by atoms with E-state index in [1.54, 1.807) is 20.8 Å². The molecule has 0 aromatic heterocycles. The van der Waals surface area contributed by atoms with E-state index in [4.69, 9.17) is 4.74 Å². The highest BCUT2D eigenvalue weighted by atomic mass is 32.2. The van der Waals surface area contributed by atoms with E-state index in [1.165, 1.54) is 18.2 Å². The van der Waals surface area contributed by atoms with Gasteiger partial charge in [0.05, 0.1) is 11.3 Å². The molecule has 4 nitrogen and oxygen atoms in total. The average molecular weight is 430 g/mol. The molecule has 1 aromatic carbocycles. The van der Waals surface area contributed by atoms with E-state index in [1.807, 2.05) is 0 Å². The first-order chi connectivity index (χ1) is 13.4. The third-order valence-corrected chi connectivity index (χ3v) is 6.23. The SMILES string of the molecule is C=CCOC(=O)[C@]1(Cc2ccc(C(F)(F)F)cc2)CCC/C1=N\[S+]([O-])C(C)(C)C. The van der Waals surface area contributed by atoms with Crippen molar-refractivity contribution in [3.05, 3.63) is 48.0 Å². The lowest BCUT2D eigenvalue weighted by Gasteiger charge is -2.28. The van der Waals surface area contributed by atoms with Crippen molar-refractivity contribution >= 4 is 23.0 Å².